The lowest BCUT2D eigenvalue weighted by atomic mass is 9.77. The molecular weight excluding hydrogens is 320 g/mol. The number of aliphatic hydroxyl groups is 1. The lowest BCUT2D eigenvalue weighted by molar-refractivity contribution is -0.300. The predicted molar refractivity (Wildman–Crippen MR) is 93.0 cm³/mol. The van der Waals surface area contributed by atoms with Crippen molar-refractivity contribution in [2.75, 3.05) is 13.2 Å². The Morgan fingerprint density at radius 3 is 2.68 bits per heavy atom. The van der Waals surface area contributed by atoms with Crippen LogP contribution in [0.5, 0.6) is 0 Å². The first-order chi connectivity index (χ1) is 12.0. The molecule has 0 amide bonds. The highest BCUT2D eigenvalue weighted by atomic mass is 16.7. The minimum atomic E-state index is -0.981. The van der Waals surface area contributed by atoms with E-state index in [0.29, 0.717) is 25.0 Å². The Balaban J connectivity index is 1.88. The van der Waals surface area contributed by atoms with Crippen molar-refractivity contribution < 1.29 is 24.1 Å². The van der Waals surface area contributed by atoms with Crippen LogP contribution in [0.2, 0.25) is 0 Å². The monoisotopic (exact) mass is 348 g/mol. The Kier molecular flexibility index (Phi) is 5.89. The van der Waals surface area contributed by atoms with Crippen LogP contribution in [0.25, 0.3) is 0 Å². The molecule has 2 aliphatic rings. The van der Waals surface area contributed by atoms with Crippen LogP contribution in [0.3, 0.4) is 0 Å². The van der Waals surface area contributed by atoms with Crippen molar-refractivity contribution in [3.63, 3.8) is 0 Å². The molecule has 0 spiro atoms. The number of aliphatic hydroxyl groups excluding tert-OH is 1. The number of hydrogen-bond acceptors (Lipinski definition) is 5. The van der Waals surface area contributed by atoms with Gasteiger partial charge in [-0.2, -0.15) is 0 Å². The Hall–Kier alpha value is -1.27. The van der Waals surface area contributed by atoms with E-state index in [1.54, 1.807) is 0 Å². The van der Waals surface area contributed by atoms with E-state index < -0.39 is 23.9 Å². The Bertz CT molecular complexity index is 573. The van der Waals surface area contributed by atoms with E-state index in [2.05, 4.69) is 0 Å². The van der Waals surface area contributed by atoms with Crippen molar-refractivity contribution in [1.29, 1.82) is 0 Å². The summed E-state index contributed by atoms with van der Waals surface area (Å²) in [5.41, 5.74) is 0.688. The molecule has 3 rings (SSSR count). The molecule has 1 saturated heterocycles. The van der Waals surface area contributed by atoms with Crippen LogP contribution in [-0.4, -0.2) is 42.1 Å². The van der Waals surface area contributed by atoms with Crippen LogP contribution in [0.15, 0.2) is 30.3 Å². The summed E-state index contributed by atoms with van der Waals surface area (Å²) in [6.07, 6.45) is 1.43. The van der Waals surface area contributed by atoms with Crippen LogP contribution in [0.4, 0.5) is 0 Å². The van der Waals surface area contributed by atoms with Crippen molar-refractivity contribution in [2.45, 2.75) is 63.6 Å². The lowest BCUT2D eigenvalue weighted by Crippen LogP contribution is -2.55. The molecule has 25 heavy (non-hydrogen) atoms. The van der Waals surface area contributed by atoms with E-state index in [4.69, 9.17) is 14.2 Å². The van der Waals surface area contributed by atoms with Gasteiger partial charge < -0.3 is 19.3 Å². The SMILES string of the molecule is CC(C)O[C@]12CCCC[C@@H]1C(=O)[C@@H]([C@@H](O)c1ccccc1)OCCO2. The van der Waals surface area contributed by atoms with Crippen molar-refractivity contribution in [3.8, 4) is 0 Å². The van der Waals surface area contributed by atoms with E-state index in [9.17, 15) is 9.90 Å². The number of ether oxygens (including phenoxy) is 3. The van der Waals surface area contributed by atoms with Gasteiger partial charge in [0.25, 0.3) is 0 Å². The van der Waals surface area contributed by atoms with E-state index in [1.807, 2.05) is 44.2 Å². The zero-order chi connectivity index (χ0) is 17.9. The van der Waals surface area contributed by atoms with Gasteiger partial charge in [0.2, 0.25) is 0 Å². The molecule has 0 aromatic heterocycles. The molecule has 5 heteroatoms. The summed E-state index contributed by atoms with van der Waals surface area (Å²) < 4.78 is 17.9. The smallest absolute Gasteiger partial charge is 0.178 e. The molecule has 2 fully saturated rings. The fourth-order valence-electron chi connectivity index (χ4n) is 3.96. The summed E-state index contributed by atoms with van der Waals surface area (Å²) in [6.45, 7) is 4.53. The third-order valence-electron chi connectivity index (χ3n) is 5.01. The number of ketones is 1. The van der Waals surface area contributed by atoms with Crippen molar-refractivity contribution in [3.05, 3.63) is 35.9 Å². The molecule has 1 aromatic carbocycles. The van der Waals surface area contributed by atoms with Gasteiger partial charge in [0.1, 0.15) is 12.2 Å². The largest absolute Gasteiger partial charge is 0.385 e. The standard InChI is InChI=1S/C20H28O5/c1-14(2)25-20-11-7-6-10-16(20)18(22)19(23-12-13-24-20)17(21)15-8-4-3-5-9-15/h3-5,8-9,14,16-17,19,21H,6-7,10-13H2,1-2H3/t16-,17+,19-,20-/m1/s1. The highest BCUT2D eigenvalue weighted by Gasteiger charge is 2.51. The number of Topliss-reactive ketones (excluding diaryl/α,β-unsaturated/α-hetero) is 1. The average Bonchev–Trinajstić information content (AvgIpc) is 2.60. The van der Waals surface area contributed by atoms with Crippen LogP contribution in [-0.2, 0) is 19.0 Å². The summed E-state index contributed by atoms with van der Waals surface area (Å²) in [5, 5.41) is 10.8. The van der Waals surface area contributed by atoms with E-state index in [-0.39, 0.29) is 18.5 Å². The fraction of sp³-hybridized carbons (Fsp3) is 0.650. The number of rotatable bonds is 4. The number of hydrogen-bond donors (Lipinski definition) is 1. The summed E-state index contributed by atoms with van der Waals surface area (Å²) >= 11 is 0. The van der Waals surface area contributed by atoms with Crippen molar-refractivity contribution in [1.82, 2.24) is 0 Å². The summed E-state index contributed by atoms with van der Waals surface area (Å²) in [6, 6.07) is 9.21. The molecule has 1 aliphatic carbocycles. The van der Waals surface area contributed by atoms with Crippen LogP contribution in [0.1, 0.15) is 51.2 Å². The first kappa shape index (κ1) is 18.5. The molecule has 5 nitrogen and oxygen atoms in total. The number of carbonyl (C=O) groups excluding carboxylic acids is 1. The summed E-state index contributed by atoms with van der Waals surface area (Å²) in [4.78, 5) is 13.3. The molecule has 1 saturated carbocycles. The Labute approximate surface area is 149 Å². The molecule has 4 atom stereocenters. The lowest BCUT2D eigenvalue weighted by Gasteiger charge is -2.46. The fourth-order valence-corrected chi connectivity index (χ4v) is 3.96. The van der Waals surface area contributed by atoms with Crippen molar-refractivity contribution in [2.24, 2.45) is 5.92 Å². The zero-order valence-corrected chi connectivity index (χ0v) is 15.0. The molecule has 138 valence electrons. The van der Waals surface area contributed by atoms with Gasteiger partial charge in [-0.1, -0.05) is 36.8 Å². The molecule has 1 aromatic rings. The maximum atomic E-state index is 13.3. The highest BCUT2D eigenvalue weighted by Crippen LogP contribution is 2.42. The maximum absolute atomic E-state index is 13.3. The third kappa shape index (κ3) is 3.95. The van der Waals surface area contributed by atoms with E-state index >= 15 is 0 Å². The predicted octanol–water partition coefficient (Wildman–Crippen LogP) is 3.02. The quantitative estimate of drug-likeness (QED) is 0.906. The molecule has 0 bridgehead atoms. The Morgan fingerprint density at radius 1 is 1.20 bits per heavy atom. The molecule has 1 heterocycles. The highest BCUT2D eigenvalue weighted by molar-refractivity contribution is 5.87. The Morgan fingerprint density at radius 2 is 1.96 bits per heavy atom. The normalized spacial score (nSPS) is 31.9. The van der Waals surface area contributed by atoms with Gasteiger partial charge in [-0.15, -0.1) is 0 Å². The minimum absolute atomic E-state index is 0.0359. The number of benzene rings is 1. The van der Waals surface area contributed by atoms with Crippen LogP contribution >= 0.6 is 0 Å². The number of fused-ring (bicyclic) bond motifs is 1. The third-order valence-corrected chi connectivity index (χ3v) is 5.01. The topological polar surface area (TPSA) is 65.0 Å². The van der Waals surface area contributed by atoms with Gasteiger partial charge in [-0.25, -0.2) is 0 Å². The van der Waals surface area contributed by atoms with Gasteiger partial charge in [0.05, 0.1) is 25.2 Å². The van der Waals surface area contributed by atoms with Crippen LogP contribution in [0, 0.1) is 5.92 Å². The van der Waals surface area contributed by atoms with E-state index in [1.165, 1.54) is 0 Å². The summed E-state index contributed by atoms with van der Waals surface area (Å²) in [7, 11) is 0. The first-order valence-electron chi connectivity index (χ1n) is 9.23. The first-order valence-corrected chi connectivity index (χ1v) is 9.23. The number of carbonyl (C=O) groups is 1. The second kappa shape index (κ2) is 7.96. The second-order valence-electron chi connectivity index (χ2n) is 7.17. The van der Waals surface area contributed by atoms with E-state index in [0.717, 1.165) is 12.8 Å². The van der Waals surface area contributed by atoms with Gasteiger partial charge >= 0.3 is 0 Å². The average molecular weight is 348 g/mol. The molecular formula is C20H28O5. The second-order valence-corrected chi connectivity index (χ2v) is 7.17. The molecule has 0 radical (unpaired) electrons. The molecule has 1 N–H and O–H groups in total. The van der Waals surface area contributed by atoms with Crippen LogP contribution < -0.4 is 0 Å². The van der Waals surface area contributed by atoms with Gasteiger partial charge in [-0.3, -0.25) is 4.79 Å². The minimum Gasteiger partial charge on any atom is -0.385 e. The zero-order valence-electron chi connectivity index (χ0n) is 15.0. The molecule has 0 unspecified atom stereocenters. The maximum Gasteiger partial charge on any atom is 0.178 e. The molecule has 1 aliphatic heterocycles. The summed E-state index contributed by atoms with van der Waals surface area (Å²) in [5.74, 6) is -1.41. The van der Waals surface area contributed by atoms with Gasteiger partial charge in [0, 0.05) is 6.42 Å². The van der Waals surface area contributed by atoms with Crippen molar-refractivity contribution >= 4 is 5.78 Å². The van der Waals surface area contributed by atoms with Gasteiger partial charge in [0.15, 0.2) is 11.6 Å². The van der Waals surface area contributed by atoms with Gasteiger partial charge in [-0.05, 0) is 32.3 Å².